The van der Waals surface area contributed by atoms with Crippen LogP contribution in [-0.2, 0) is 30.2 Å². The monoisotopic (exact) mass is 626 g/mol. The molecule has 0 fully saturated rings. The molecule has 4 heterocycles. The Labute approximate surface area is 251 Å². The molecule has 1 aliphatic rings. The van der Waals surface area contributed by atoms with Crippen LogP contribution in [0.2, 0.25) is 0 Å². The molecule has 1 aliphatic heterocycles. The minimum atomic E-state index is -5.01. The van der Waals surface area contributed by atoms with Gasteiger partial charge in [-0.05, 0) is 43.8 Å². The molecule has 6 rings (SSSR count). The topological polar surface area (TPSA) is 133 Å². The second kappa shape index (κ2) is 11.1. The SMILES string of the molecule is CC(Oc1cc(-c2nn(C)c3c(-c4cnn5c4CN(C)CC5)cnc(N)c23)ccc1NS(=O)(=O)C(F)F)c1ccc(F)cc1. The third-order valence-corrected chi connectivity index (χ3v) is 8.60. The van der Waals surface area contributed by atoms with Gasteiger partial charge in [0.15, 0.2) is 0 Å². The third-order valence-electron chi connectivity index (χ3n) is 7.63. The second-order valence-electron chi connectivity index (χ2n) is 10.6. The zero-order valence-corrected chi connectivity index (χ0v) is 24.8. The maximum atomic E-state index is 13.5. The Hall–Kier alpha value is -4.63. The lowest BCUT2D eigenvalue weighted by atomic mass is 10.0. The Balaban J connectivity index is 1.47. The molecule has 0 aliphatic carbocycles. The van der Waals surface area contributed by atoms with Crippen molar-refractivity contribution in [3.8, 4) is 28.1 Å². The summed E-state index contributed by atoms with van der Waals surface area (Å²) in [6.45, 7) is 4.01. The molecule has 2 aromatic carbocycles. The van der Waals surface area contributed by atoms with Gasteiger partial charge in [-0.25, -0.2) is 17.8 Å². The molecule has 1 unspecified atom stereocenters. The number of sulfonamides is 1. The Morgan fingerprint density at radius 1 is 1.05 bits per heavy atom. The van der Waals surface area contributed by atoms with Gasteiger partial charge < -0.3 is 10.5 Å². The van der Waals surface area contributed by atoms with Crippen LogP contribution >= 0.6 is 0 Å². The number of nitrogens with zero attached hydrogens (tertiary/aromatic N) is 6. The van der Waals surface area contributed by atoms with Gasteiger partial charge in [0.2, 0.25) is 0 Å². The van der Waals surface area contributed by atoms with E-state index in [0.29, 0.717) is 34.3 Å². The number of fused-ring (bicyclic) bond motifs is 2. The van der Waals surface area contributed by atoms with Crippen LogP contribution in [0.4, 0.5) is 24.7 Å². The average molecular weight is 627 g/mol. The number of aryl methyl sites for hydroxylation is 1. The van der Waals surface area contributed by atoms with Crippen LogP contribution in [0.3, 0.4) is 0 Å². The molecule has 0 radical (unpaired) electrons. The van der Waals surface area contributed by atoms with Crippen LogP contribution in [0.15, 0.2) is 54.9 Å². The van der Waals surface area contributed by atoms with Crippen LogP contribution in [0.5, 0.6) is 5.75 Å². The number of nitrogens with two attached hydrogens (primary N) is 1. The molecule has 230 valence electrons. The summed E-state index contributed by atoms with van der Waals surface area (Å²) >= 11 is 0. The molecule has 11 nitrogen and oxygen atoms in total. The van der Waals surface area contributed by atoms with Gasteiger partial charge >= 0.3 is 5.76 Å². The molecule has 3 N–H and O–H groups in total. The molecule has 15 heteroatoms. The maximum absolute atomic E-state index is 13.5. The zero-order chi connectivity index (χ0) is 31.3. The van der Waals surface area contributed by atoms with E-state index in [1.54, 1.807) is 31.0 Å². The minimum absolute atomic E-state index is 0.0428. The van der Waals surface area contributed by atoms with E-state index >= 15 is 0 Å². The third kappa shape index (κ3) is 5.32. The number of rotatable bonds is 8. The lowest BCUT2D eigenvalue weighted by molar-refractivity contribution is 0.228. The van der Waals surface area contributed by atoms with Crippen molar-refractivity contribution in [1.29, 1.82) is 0 Å². The standard InChI is InChI=1S/C29H29F3N8O3S/c1-16(17-4-7-19(30)8-5-17)43-24-12-18(6-9-22(24)37-44(41,42)29(31)32)26-25-27(39(3)36-26)21(13-34-28(25)33)20-14-35-40-11-10-38(2)15-23(20)40/h4-9,12-14,16,29,37H,10-11,15H2,1-3H3,(H2,33,34). The normalized spacial score (nSPS) is 14.6. The van der Waals surface area contributed by atoms with Crippen LogP contribution in [0.1, 0.15) is 24.3 Å². The van der Waals surface area contributed by atoms with Crippen molar-refractivity contribution in [3.05, 3.63) is 71.9 Å². The van der Waals surface area contributed by atoms with E-state index in [4.69, 9.17) is 15.6 Å². The Bertz CT molecular complexity index is 1980. The van der Waals surface area contributed by atoms with Gasteiger partial charge in [-0.2, -0.15) is 19.0 Å². The molecule has 3 aromatic heterocycles. The first-order chi connectivity index (χ1) is 20.9. The second-order valence-corrected chi connectivity index (χ2v) is 12.3. The highest BCUT2D eigenvalue weighted by atomic mass is 32.2. The summed E-state index contributed by atoms with van der Waals surface area (Å²) in [4.78, 5) is 6.67. The largest absolute Gasteiger partial charge is 0.484 e. The number of halogens is 3. The van der Waals surface area contributed by atoms with Crippen molar-refractivity contribution in [2.24, 2.45) is 7.05 Å². The number of alkyl halides is 2. The van der Waals surface area contributed by atoms with Crippen molar-refractivity contribution >= 4 is 32.4 Å². The highest BCUT2D eigenvalue weighted by Gasteiger charge is 2.28. The van der Waals surface area contributed by atoms with Crippen LogP contribution < -0.4 is 15.2 Å². The molecule has 1 atom stereocenters. The van der Waals surface area contributed by atoms with Crippen LogP contribution in [0, 0.1) is 5.82 Å². The fraction of sp³-hybridized carbons (Fsp3) is 0.276. The molecule has 0 saturated carbocycles. The molecule has 5 aromatic rings. The molecular formula is C29H29F3N8O3S. The highest BCUT2D eigenvalue weighted by Crippen LogP contribution is 2.41. The van der Waals surface area contributed by atoms with Crippen LogP contribution in [-0.4, -0.2) is 57.2 Å². The zero-order valence-electron chi connectivity index (χ0n) is 24.0. The lowest BCUT2D eigenvalue weighted by Crippen LogP contribution is -2.30. The number of anilines is 2. The van der Waals surface area contributed by atoms with Gasteiger partial charge in [0.05, 0.1) is 35.0 Å². The number of likely N-dealkylation sites (N-methyl/N-ethyl adjacent to an activating group) is 1. The number of pyridine rings is 1. The van der Waals surface area contributed by atoms with Crippen molar-refractivity contribution in [1.82, 2.24) is 29.4 Å². The van der Waals surface area contributed by atoms with Gasteiger partial charge in [-0.3, -0.25) is 19.0 Å². The molecule has 0 spiro atoms. The maximum Gasteiger partial charge on any atom is 0.355 e. The van der Waals surface area contributed by atoms with Crippen LogP contribution in [0.25, 0.3) is 33.3 Å². The number of hydrogen-bond donors (Lipinski definition) is 2. The van der Waals surface area contributed by atoms with E-state index in [9.17, 15) is 21.6 Å². The quantitative estimate of drug-likeness (QED) is 0.252. The first kappa shape index (κ1) is 29.4. The van der Waals surface area contributed by atoms with Crippen molar-refractivity contribution in [2.45, 2.75) is 31.9 Å². The van der Waals surface area contributed by atoms with E-state index in [1.807, 2.05) is 16.5 Å². The Kier molecular flexibility index (Phi) is 7.45. The Morgan fingerprint density at radius 2 is 1.80 bits per heavy atom. The summed E-state index contributed by atoms with van der Waals surface area (Å²) < 4.78 is 75.9. The van der Waals surface area contributed by atoms with Crippen molar-refractivity contribution in [3.63, 3.8) is 0 Å². The van der Waals surface area contributed by atoms with Gasteiger partial charge in [-0.1, -0.05) is 18.2 Å². The van der Waals surface area contributed by atoms with E-state index in [-0.39, 0.29) is 17.3 Å². The van der Waals surface area contributed by atoms with E-state index in [2.05, 4.69) is 15.0 Å². The molecule has 44 heavy (non-hydrogen) atoms. The first-order valence-electron chi connectivity index (χ1n) is 13.6. The number of nitrogens with one attached hydrogen (secondary N) is 1. The Morgan fingerprint density at radius 3 is 2.52 bits per heavy atom. The number of ether oxygens (including phenoxy) is 1. The summed E-state index contributed by atoms with van der Waals surface area (Å²) in [5, 5.41) is 9.86. The predicted molar refractivity (Wildman–Crippen MR) is 160 cm³/mol. The lowest BCUT2D eigenvalue weighted by Gasteiger charge is -2.24. The van der Waals surface area contributed by atoms with E-state index in [0.717, 1.165) is 29.9 Å². The fourth-order valence-corrected chi connectivity index (χ4v) is 5.94. The number of nitrogen functional groups attached to an aromatic ring is 1. The van der Waals surface area contributed by atoms with E-state index < -0.39 is 27.7 Å². The first-order valence-corrected chi connectivity index (χ1v) is 15.2. The van der Waals surface area contributed by atoms with Gasteiger partial charge in [0, 0.05) is 43.0 Å². The van der Waals surface area contributed by atoms with Gasteiger partial charge in [0.25, 0.3) is 10.0 Å². The number of hydrogen-bond acceptors (Lipinski definition) is 8. The highest BCUT2D eigenvalue weighted by molar-refractivity contribution is 7.93. The van der Waals surface area contributed by atoms with E-state index in [1.165, 1.54) is 42.5 Å². The molecular weight excluding hydrogens is 597 g/mol. The fourth-order valence-electron chi connectivity index (χ4n) is 5.37. The number of aromatic nitrogens is 5. The van der Waals surface area contributed by atoms with Crippen molar-refractivity contribution < 1.29 is 26.3 Å². The minimum Gasteiger partial charge on any atom is -0.484 e. The molecule has 0 amide bonds. The number of benzene rings is 2. The average Bonchev–Trinajstić information content (AvgIpc) is 3.56. The van der Waals surface area contributed by atoms with Gasteiger partial charge in [-0.15, -0.1) is 0 Å². The molecule has 0 saturated heterocycles. The summed E-state index contributed by atoms with van der Waals surface area (Å²) in [5.74, 6) is -3.93. The molecule has 0 bridgehead atoms. The predicted octanol–water partition coefficient (Wildman–Crippen LogP) is 4.77. The smallest absolute Gasteiger partial charge is 0.355 e. The van der Waals surface area contributed by atoms with Gasteiger partial charge in [0.1, 0.15) is 29.2 Å². The summed E-state index contributed by atoms with van der Waals surface area (Å²) in [6.07, 6.45) is 2.79. The van der Waals surface area contributed by atoms with Crippen molar-refractivity contribution in [2.75, 3.05) is 24.0 Å². The summed E-state index contributed by atoms with van der Waals surface area (Å²) in [7, 11) is -1.19. The summed E-state index contributed by atoms with van der Waals surface area (Å²) in [6, 6.07) is 9.89. The summed E-state index contributed by atoms with van der Waals surface area (Å²) in [5.41, 5.74) is 11.1.